The van der Waals surface area contributed by atoms with Crippen LogP contribution in [-0.2, 0) is 9.59 Å². The number of ketones is 1. The first kappa shape index (κ1) is 12.1. The van der Waals surface area contributed by atoms with Crippen molar-refractivity contribution in [2.75, 3.05) is 13.7 Å². The van der Waals surface area contributed by atoms with E-state index < -0.39 is 11.7 Å². The molecule has 0 aromatic heterocycles. The van der Waals surface area contributed by atoms with Gasteiger partial charge in [-0.2, -0.15) is 0 Å². The van der Waals surface area contributed by atoms with Crippen LogP contribution in [0.1, 0.15) is 5.56 Å². The Hall–Kier alpha value is -1.94. The second kappa shape index (κ2) is 6.53. The molecule has 0 spiro atoms. The summed E-state index contributed by atoms with van der Waals surface area (Å²) >= 11 is 0. The highest BCUT2D eigenvalue weighted by Crippen LogP contribution is 2.00. The first-order chi connectivity index (χ1) is 7.74. The highest BCUT2D eigenvalue weighted by Gasteiger charge is 2.07. The fourth-order valence-corrected chi connectivity index (χ4v) is 1.07. The van der Waals surface area contributed by atoms with E-state index in [-0.39, 0.29) is 6.67 Å². The van der Waals surface area contributed by atoms with E-state index in [1.54, 1.807) is 13.1 Å². The maximum Gasteiger partial charge on any atom is 0.292 e. The van der Waals surface area contributed by atoms with Gasteiger partial charge in [-0.25, -0.2) is 0 Å². The molecule has 1 rings (SSSR count). The van der Waals surface area contributed by atoms with Crippen LogP contribution < -0.4 is 10.6 Å². The predicted octanol–water partition coefficient (Wildman–Crippen LogP) is 0.562. The second-order valence-corrected chi connectivity index (χ2v) is 3.14. The second-order valence-electron chi connectivity index (χ2n) is 3.14. The van der Waals surface area contributed by atoms with Crippen molar-refractivity contribution in [2.24, 2.45) is 0 Å². The van der Waals surface area contributed by atoms with Gasteiger partial charge in [-0.1, -0.05) is 36.4 Å². The number of hydrogen-bond acceptors (Lipinski definition) is 3. The average molecular weight is 218 g/mol. The van der Waals surface area contributed by atoms with Gasteiger partial charge in [-0.05, 0) is 18.7 Å². The largest absolute Gasteiger partial charge is 0.337 e. The fraction of sp³-hybridized carbons (Fsp3) is 0.167. The molecule has 0 aliphatic carbocycles. The van der Waals surface area contributed by atoms with Crippen molar-refractivity contribution >= 4 is 17.8 Å². The van der Waals surface area contributed by atoms with Gasteiger partial charge in [0, 0.05) is 0 Å². The number of carbonyl (C=O) groups is 2. The van der Waals surface area contributed by atoms with Gasteiger partial charge in [0.15, 0.2) is 0 Å². The minimum absolute atomic E-state index is 0.281. The summed E-state index contributed by atoms with van der Waals surface area (Å²) < 4.78 is 0. The van der Waals surface area contributed by atoms with Gasteiger partial charge < -0.3 is 10.6 Å². The van der Waals surface area contributed by atoms with E-state index in [2.05, 4.69) is 10.6 Å². The zero-order chi connectivity index (χ0) is 11.8. The molecule has 0 aliphatic heterocycles. The number of amides is 1. The van der Waals surface area contributed by atoms with E-state index in [1.165, 1.54) is 6.08 Å². The topological polar surface area (TPSA) is 58.2 Å². The van der Waals surface area contributed by atoms with Crippen LogP contribution in [0.4, 0.5) is 0 Å². The third-order valence-corrected chi connectivity index (χ3v) is 1.88. The van der Waals surface area contributed by atoms with E-state index in [4.69, 9.17) is 0 Å². The van der Waals surface area contributed by atoms with E-state index >= 15 is 0 Å². The predicted molar refractivity (Wildman–Crippen MR) is 62.6 cm³/mol. The van der Waals surface area contributed by atoms with Gasteiger partial charge in [-0.3, -0.25) is 9.59 Å². The van der Waals surface area contributed by atoms with Crippen LogP contribution in [0.5, 0.6) is 0 Å². The van der Waals surface area contributed by atoms with Crippen LogP contribution in [0.2, 0.25) is 0 Å². The van der Waals surface area contributed by atoms with Crippen molar-refractivity contribution in [1.82, 2.24) is 10.6 Å². The number of rotatable bonds is 5. The molecule has 0 fully saturated rings. The van der Waals surface area contributed by atoms with Gasteiger partial charge in [0.2, 0.25) is 5.78 Å². The molecule has 0 unspecified atom stereocenters. The third kappa shape index (κ3) is 4.06. The Balaban J connectivity index is 2.51. The molecule has 0 atom stereocenters. The van der Waals surface area contributed by atoms with Crippen molar-refractivity contribution < 1.29 is 9.59 Å². The molecular weight excluding hydrogens is 204 g/mol. The molecule has 0 saturated heterocycles. The molecular formula is C12H14N2O2. The van der Waals surface area contributed by atoms with Crippen LogP contribution in [0, 0.1) is 0 Å². The van der Waals surface area contributed by atoms with E-state index in [1.807, 2.05) is 30.3 Å². The zero-order valence-corrected chi connectivity index (χ0v) is 9.07. The average Bonchev–Trinajstić information content (AvgIpc) is 2.34. The Morgan fingerprint density at radius 2 is 1.94 bits per heavy atom. The molecule has 84 valence electrons. The molecule has 1 amide bonds. The normalized spacial score (nSPS) is 10.3. The molecule has 0 bridgehead atoms. The van der Waals surface area contributed by atoms with Crippen molar-refractivity contribution in [1.29, 1.82) is 0 Å². The summed E-state index contributed by atoms with van der Waals surface area (Å²) in [4.78, 5) is 22.5. The number of carbonyl (C=O) groups excluding carboxylic acids is 2. The summed E-state index contributed by atoms with van der Waals surface area (Å²) in [7, 11) is 1.69. The zero-order valence-electron chi connectivity index (χ0n) is 9.07. The molecule has 1 aromatic rings. The lowest BCUT2D eigenvalue weighted by Crippen LogP contribution is -2.35. The number of hydrogen-bond donors (Lipinski definition) is 2. The molecule has 4 heteroatoms. The molecule has 0 saturated carbocycles. The number of benzene rings is 1. The smallest absolute Gasteiger partial charge is 0.292 e. The van der Waals surface area contributed by atoms with E-state index in [9.17, 15) is 9.59 Å². The van der Waals surface area contributed by atoms with Crippen LogP contribution >= 0.6 is 0 Å². The highest BCUT2D eigenvalue weighted by molar-refractivity contribution is 6.41. The molecule has 2 N–H and O–H groups in total. The Kier molecular flexibility index (Phi) is 4.95. The summed E-state index contributed by atoms with van der Waals surface area (Å²) in [5.41, 5.74) is 0.886. The fourth-order valence-electron chi connectivity index (χ4n) is 1.07. The first-order valence-electron chi connectivity index (χ1n) is 4.94. The Bertz CT molecular complexity index is 385. The van der Waals surface area contributed by atoms with Crippen LogP contribution in [0.25, 0.3) is 6.08 Å². The summed E-state index contributed by atoms with van der Waals surface area (Å²) in [6.45, 7) is 0.281. The van der Waals surface area contributed by atoms with Gasteiger partial charge in [0.05, 0.1) is 6.67 Å². The highest BCUT2D eigenvalue weighted by atomic mass is 16.2. The molecule has 1 aromatic carbocycles. The van der Waals surface area contributed by atoms with E-state index in [0.717, 1.165) is 5.56 Å². The third-order valence-electron chi connectivity index (χ3n) is 1.88. The summed E-state index contributed by atoms with van der Waals surface area (Å²) in [6, 6.07) is 9.33. The standard InChI is InChI=1S/C12H14N2O2/c1-13-9-14-12(16)11(15)8-7-10-5-3-2-4-6-10/h2-8,13H,9H2,1H3,(H,14,16). The Morgan fingerprint density at radius 1 is 1.25 bits per heavy atom. The van der Waals surface area contributed by atoms with Gasteiger partial charge in [-0.15, -0.1) is 0 Å². The first-order valence-corrected chi connectivity index (χ1v) is 4.94. The van der Waals surface area contributed by atoms with Crippen molar-refractivity contribution in [3.8, 4) is 0 Å². The minimum Gasteiger partial charge on any atom is -0.337 e. The maximum absolute atomic E-state index is 11.3. The number of nitrogens with one attached hydrogen (secondary N) is 2. The lowest BCUT2D eigenvalue weighted by atomic mass is 10.2. The maximum atomic E-state index is 11.3. The molecule has 4 nitrogen and oxygen atoms in total. The SMILES string of the molecule is CNCNC(=O)C(=O)C=Cc1ccccc1. The van der Waals surface area contributed by atoms with Gasteiger partial charge >= 0.3 is 0 Å². The van der Waals surface area contributed by atoms with Crippen LogP contribution in [0.15, 0.2) is 36.4 Å². The van der Waals surface area contributed by atoms with E-state index in [0.29, 0.717) is 0 Å². The van der Waals surface area contributed by atoms with Gasteiger partial charge in [0.1, 0.15) is 0 Å². The Morgan fingerprint density at radius 3 is 2.56 bits per heavy atom. The lowest BCUT2D eigenvalue weighted by molar-refractivity contribution is -0.135. The van der Waals surface area contributed by atoms with Crippen LogP contribution in [-0.4, -0.2) is 25.4 Å². The minimum atomic E-state index is -0.610. The van der Waals surface area contributed by atoms with Crippen molar-refractivity contribution in [3.05, 3.63) is 42.0 Å². The molecule has 0 radical (unpaired) electrons. The Labute approximate surface area is 94.4 Å². The lowest BCUT2D eigenvalue weighted by Gasteiger charge is -1.99. The van der Waals surface area contributed by atoms with Gasteiger partial charge in [0.25, 0.3) is 5.91 Å². The quantitative estimate of drug-likeness (QED) is 0.431. The molecule has 0 aliphatic rings. The summed E-state index contributed by atoms with van der Waals surface area (Å²) in [5.74, 6) is -1.17. The summed E-state index contributed by atoms with van der Waals surface area (Å²) in [6.07, 6.45) is 2.88. The summed E-state index contributed by atoms with van der Waals surface area (Å²) in [5, 5.41) is 5.14. The van der Waals surface area contributed by atoms with Crippen molar-refractivity contribution in [3.63, 3.8) is 0 Å². The monoisotopic (exact) mass is 218 g/mol. The molecule has 16 heavy (non-hydrogen) atoms. The van der Waals surface area contributed by atoms with Crippen LogP contribution in [0.3, 0.4) is 0 Å². The van der Waals surface area contributed by atoms with Crippen molar-refractivity contribution in [2.45, 2.75) is 0 Å². The molecule has 0 heterocycles.